The average molecular weight is 525 g/mol. The minimum atomic E-state index is -0.862. The largest absolute Gasteiger partial charge is 0.504 e. The van der Waals surface area contributed by atoms with E-state index in [0.29, 0.717) is 17.9 Å². The van der Waals surface area contributed by atoms with Gasteiger partial charge in [-0.2, -0.15) is 0 Å². The summed E-state index contributed by atoms with van der Waals surface area (Å²) >= 11 is 0. The maximum Gasteiger partial charge on any atom is 0.306 e. The zero-order chi connectivity index (χ0) is 27.2. The first kappa shape index (κ1) is 26.9. The highest BCUT2D eigenvalue weighted by molar-refractivity contribution is 5.71. The molecule has 1 aliphatic heterocycles. The molecule has 0 aliphatic carbocycles. The highest BCUT2D eigenvalue weighted by atomic mass is 16.5. The number of methoxy groups -OCH3 is 3. The van der Waals surface area contributed by atoms with Crippen molar-refractivity contribution in [1.82, 2.24) is 4.90 Å². The van der Waals surface area contributed by atoms with Crippen LogP contribution in [0, 0.1) is 0 Å². The lowest BCUT2D eigenvalue weighted by Crippen LogP contribution is -2.46. The highest BCUT2D eigenvalue weighted by Gasteiger charge is 2.28. The summed E-state index contributed by atoms with van der Waals surface area (Å²) in [4.78, 5) is 29.4. The van der Waals surface area contributed by atoms with Crippen LogP contribution in [-0.4, -0.2) is 68.6 Å². The predicted octanol–water partition coefficient (Wildman–Crippen LogP) is 3.09. The number of phenolic OH excluding ortho intramolecular Hbond substituents is 1. The molecule has 1 saturated heterocycles. The van der Waals surface area contributed by atoms with Crippen molar-refractivity contribution in [3.05, 3.63) is 75.8 Å². The predicted molar refractivity (Wildman–Crippen MR) is 140 cm³/mol. The molecule has 1 fully saturated rings. The number of phenols is 1. The Hall–Kier alpha value is -4.18. The molecule has 0 unspecified atom stereocenters. The lowest BCUT2D eigenvalue weighted by atomic mass is 9.92. The van der Waals surface area contributed by atoms with Crippen molar-refractivity contribution in [1.29, 1.82) is 0 Å². The molecule has 2 aromatic carbocycles. The van der Waals surface area contributed by atoms with Gasteiger partial charge in [0, 0.05) is 37.9 Å². The first-order chi connectivity index (χ1) is 18.3. The van der Waals surface area contributed by atoms with Gasteiger partial charge in [0.25, 0.3) is 0 Å². The van der Waals surface area contributed by atoms with E-state index < -0.39 is 23.1 Å². The third kappa shape index (κ3) is 6.03. The Morgan fingerprint density at radius 1 is 0.974 bits per heavy atom. The van der Waals surface area contributed by atoms with Crippen LogP contribution in [0.5, 0.6) is 23.0 Å². The van der Waals surface area contributed by atoms with E-state index in [-0.39, 0.29) is 23.7 Å². The van der Waals surface area contributed by atoms with Gasteiger partial charge in [0.2, 0.25) is 11.2 Å². The number of hydrogen-bond donors (Lipinski definition) is 2. The van der Waals surface area contributed by atoms with E-state index in [0.717, 1.165) is 37.6 Å². The summed E-state index contributed by atoms with van der Waals surface area (Å²) in [7, 11) is 4.31. The van der Waals surface area contributed by atoms with Gasteiger partial charge in [-0.25, -0.2) is 0 Å². The molecule has 10 heteroatoms. The van der Waals surface area contributed by atoms with Crippen molar-refractivity contribution in [2.24, 2.45) is 0 Å². The van der Waals surface area contributed by atoms with Gasteiger partial charge >= 0.3 is 5.97 Å². The van der Waals surface area contributed by atoms with Crippen LogP contribution in [-0.2, 0) is 16.1 Å². The molecule has 1 aromatic heterocycles. The number of aromatic hydroxyl groups is 2. The maximum atomic E-state index is 12.7. The molecular formula is C28H32N2O8. The van der Waals surface area contributed by atoms with Gasteiger partial charge in [-0.3, -0.25) is 14.5 Å². The van der Waals surface area contributed by atoms with Gasteiger partial charge in [0.15, 0.2) is 17.3 Å². The minimum Gasteiger partial charge on any atom is -0.504 e. The highest BCUT2D eigenvalue weighted by Crippen LogP contribution is 2.37. The van der Waals surface area contributed by atoms with Crippen LogP contribution < -0.4 is 19.8 Å². The van der Waals surface area contributed by atoms with Crippen molar-refractivity contribution < 1.29 is 33.6 Å². The molecule has 3 aromatic rings. The summed E-state index contributed by atoms with van der Waals surface area (Å²) < 4.78 is 21.2. The number of rotatable bonds is 9. The first-order valence-corrected chi connectivity index (χ1v) is 12.2. The van der Waals surface area contributed by atoms with Crippen LogP contribution in [0.2, 0.25) is 0 Å². The minimum absolute atomic E-state index is 0.0562. The Morgan fingerprint density at radius 3 is 2.29 bits per heavy atom. The quantitative estimate of drug-likeness (QED) is 0.404. The molecule has 38 heavy (non-hydrogen) atoms. The zero-order valence-electron chi connectivity index (χ0n) is 21.7. The van der Waals surface area contributed by atoms with Crippen LogP contribution in [0.1, 0.15) is 29.4 Å². The Labute approximate surface area is 220 Å². The molecule has 1 aliphatic rings. The standard InChI is InChI=1S/C28H32N2O8/c1-35-20-7-5-19(6-8-20)30-12-10-29(11-13-30)17-21-15-24(32)27(34)28(38-21)22(16-26(33)37-3)18-4-9-25(36-2)23(31)14-18/h4-9,14-15,22,31,34H,10-13,16-17H2,1-3H3/t22-/m1/s1. The van der Waals surface area contributed by atoms with Crippen molar-refractivity contribution in [3.8, 4) is 23.0 Å². The molecule has 0 amide bonds. The van der Waals surface area contributed by atoms with Crippen LogP contribution in [0.4, 0.5) is 5.69 Å². The molecular weight excluding hydrogens is 492 g/mol. The number of nitrogens with zero attached hydrogens (tertiary/aromatic N) is 2. The second-order valence-corrected chi connectivity index (χ2v) is 9.02. The molecule has 2 N–H and O–H groups in total. The van der Waals surface area contributed by atoms with Gasteiger partial charge < -0.3 is 33.7 Å². The number of benzene rings is 2. The number of carbonyl (C=O) groups excluding carboxylic acids is 1. The van der Waals surface area contributed by atoms with E-state index in [2.05, 4.69) is 9.80 Å². The van der Waals surface area contributed by atoms with E-state index in [1.54, 1.807) is 13.2 Å². The molecule has 0 saturated carbocycles. The van der Waals surface area contributed by atoms with Crippen molar-refractivity contribution >= 4 is 11.7 Å². The maximum absolute atomic E-state index is 12.7. The van der Waals surface area contributed by atoms with Gasteiger partial charge in [-0.05, 0) is 42.0 Å². The van der Waals surface area contributed by atoms with Crippen molar-refractivity contribution in [2.75, 3.05) is 52.4 Å². The van der Waals surface area contributed by atoms with E-state index in [1.165, 1.54) is 32.4 Å². The molecule has 0 bridgehead atoms. The fraction of sp³-hybridized carbons (Fsp3) is 0.357. The molecule has 2 heterocycles. The van der Waals surface area contributed by atoms with Gasteiger partial charge in [0.05, 0.1) is 40.2 Å². The van der Waals surface area contributed by atoms with Gasteiger partial charge in [0.1, 0.15) is 11.5 Å². The summed E-state index contributed by atoms with van der Waals surface area (Å²) in [6.07, 6.45) is -0.206. The van der Waals surface area contributed by atoms with Crippen LogP contribution >= 0.6 is 0 Å². The van der Waals surface area contributed by atoms with E-state index in [1.807, 2.05) is 24.3 Å². The van der Waals surface area contributed by atoms with Gasteiger partial charge in [-0.1, -0.05) is 6.07 Å². The Kier molecular flexibility index (Phi) is 8.42. The summed E-state index contributed by atoms with van der Waals surface area (Å²) in [5.41, 5.74) is 0.959. The fourth-order valence-electron chi connectivity index (χ4n) is 4.58. The third-order valence-corrected chi connectivity index (χ3v) is 6.71. The second kappa shape index (κ2) is 11.9. The number of piperazine rings is 1. The topological polar surface area (TPSA) is 122 Å². The summed E-state index contributed by atoms with van der Waals surface area (Å²) in [6.45, 7) is 3.42. The molecule has 202 valence electrons. The molecule has 0 spiro atoms. The van der Waals surface area contributed by atoms with Crippen molar-refractivity contribution in [2.45, 2.75) is 18.9 Å². The summed E-state index contributed by atoms with van der Waals surface area (Å²) in [5.74, 6) is -0.784. The molecule has 0 radical (unpaired) electrons. The number of carbonyl (C=O) groups is 1. The summed E-state index contributed by atoms with van der Waals surface area (Å²) in [6, 6.07) is 13.8. The normalized spacial score (nSPS) is 14.7. The Bertz CT molecular complexity index is 1310. The molecule has 1 atom stereocenters. The molecule has 4 rings (SSSR count). The number of esters is 1. The molecule has 10 nitrogen and oxygen atoms in total. The van der Waals surface area contributed by atoms with Crippen LogP contribution in [0.15, 0.2) is 57.7 Å². The second-order valence-electron chi connectivity index (χ2n) is 9.02. The van der Waals surface area contributed by atoms with Crippen LogP contribution in [0.25, 0.3) is 0 Å². The number of ether oxygens (including phenoxy) is 3. The smallest absolute Gasteiger partial charge is 0.306 e. The Morgan fingerprint density at radius 2 is 1.68 bits per heavy atom. The van der Waals surface area contributed by atoms with Crippen molar-refractivity contribution in [3.63, 3.8) is 0 Å². The first-order valence-electron chi connectivity index (χ1n) is 12.2. The van der Waals surface area contributed by atoms with E-state index in [4.69, 9.17) is 18.6 Å². The fourth-order valence-corrected chi connectivity index (χ4v) is 4.58. The van der Waals surface area contributed by atoms with E-state index >= 15 is 0 Å². The lowest BCUT2D eigenvalue weighted by Gasteiger charge is -2.36. The summed E-state index contributed by atoms with van der Waals surface area (Å²) in [5, 5.41) is 20.9. The average Bonchev–Trinajstić information content (AvgIpc) is 2.94. The number of hydrogen-bond acceptors (Lipinski definition) is 10. The monoisotopic (exact) mass is 524 g/mol. The number of anilines is 1. The Balaban J connectivity index is 1.55. The van der Waals surface area contributed by atoms with Crippen LogP contribution in [0.3, 0.4) is 0 Å². The van der Waals surface area contributed by atoms with Gasteiger partial charge in [-0.15, -0.1) is 0 Å². The van der Waals surface area contributed by atoms with E-state index in [9.17, 15) is 19.8 Å². The SMILES string of the molecule is COC(=O)C[C@H](c1ccc(OC)c(O)c1)c1oc(CN2CCN(c3ccc(OC)cc3)CC2)cc(=O)c1O. The zero-order valence-corrected chi connectivity index (χ0v) is 21.7. The lowest BCUT2D eigenvalue weighted by molar-refractivity contribution is -0.140. The third-order valence-electron chi connectivity index (χ3n) is 6.71.